The molecule has 2 aromatic rings. The van der Waals surface area contributed by atoms with Gasteiger partial charge in [-0.15, -0.1) is 0 Å². The number of nitrogens with two attached hydrogens (primary N) is 2. The number of halogens is 5. The molecule has 3 atom stereocenters. The van der Waals surface area contributed by atoms with E-state index in [4.69, 9.17) is 11.5 Å². The number of hydrogen-bond donors (Lipinski definition) is 3. The highest BCUT2D eigenvalue weighted by Gasteiger charge is 2.43. The van der Waals surface area contributed by atoms with Crippen LogP contribution >= 0.6 is 0 Å². The predicted molar refractivity (Wildman–Crippen MR) is 119 cm³/mol. The van der Waals surface area contributed by atoms with E-state index >= 15 is 0 Å². The summed E-state index contributed by atoms with van der Waals surface area (Å²) >= 11 is 0. The monoisotopic (exact) mass is 513 g/mol. The van der Waals surface area contributed by atoms with Crippen molar-refractivity contribution in [1.82, 2.24) is 14.9 Å². The number of amides is 2. The Labute approximate surface area is 202 Å². The molecule has 1 aromatic heterocycles. The first-order chi connectivity index (χ1) is 17.0. The molecular formula is C22H24F5N7O2. The SMILES string of the molecule is NC(=O)C1CCN(c2ncnc(N)c2F)CC1N1CCCC(Nc2cc(F)cc(C(F)(F)F)c2)C1=O. The second-order valence-corrected chi connectivity index (χ2v) is 8.80. The number of carbonyl (C=O) groups excluding carboxylic acids is 2. The van der Waals surface area contributed by atoms with Gasteiger partial charge in [-0.05, 0) is 37.5 Å². The van der Waals surface area contributed by atoms with E-state index in [0.29, 0.717) is 12.5 Å². The predicted octanol–water partition coefficient (Wildman–Crippen LogP) is 2.14. The third-order valence-electron chi connectivity index (χ3n) is 6.48. The number of carbonyl (C=O) groups is 2. The van der Waals surface area contributed by atoms with Gasteiger partial charge in [-0.2, -0.15) is 17.6 Å². The van der Waals surface area contributed by atoms with Crippen LogP contribution in [0.4, 0.5) is 39.3 Å². The van der Waals surface area contributed by atoms with Crippen molar-refractivity contribution in [1.29, 1.82) is 0 Å². The maximum atomic E-state index is 14.6. The zero-order valence-corrected chi connectivity index (χ0v) is 18.9. The molecule has 2 fully saturated rings. The van der Waals surface area contributed by atoms with E-state index in [1.165, 1.54) is 4.90 Å². The lowest BCUT2D eigenvalue weighted by atomic mass is 9.87. The maximum absolute atomic E-state index is 14.6. The highest BCUT2D eigenvalue weighted by Crippen LogP contribution is 2.33. The van der Waals surface area contributed by atoms with Gasteiger partial charge in [-0.3, -0.25) is 9.59 Å². The van der Waals surface area contributed by atoms with Gasteiger partial charge >= 0.3 is 6.18 Å². The van der Waals surface area contributed by atoms with Crippen molar-refractivity contribution in [2.75, 3.05) is 35.6 Å². The Morgan fingerprint density at radius 2 is 1.86 bits per heavy atom. The molecule has 2 saturated heterocycles. The van der Waals surface area contributed by atoms with Crippen molar-refractivity contribution in [3.63, 3.8) is 0 Å². The molecule has 0 spiro atoms. The fourth-order valence-electron chi connectivity index (χ4n) is 4.77. The highest BCUT2D eigenvalue weighted by atomic mass is 19.4. The summed E-state index contributed by atoms with van der Waals surface area (Å²) in [6.45, 7) is 0.507. The van der Waals surface area contributed by atoms with Crippen molar-refractivity contribution >= 4 is 29.1 Å². The smallest absolute Gasteiger partial charge is 0.381 e. The molecule has 14 heteroatoms. The molecule has 5 N–H and O–H groups in total. The number of nitrogen functional groups attached to an aromatic ring is 1. The molecule has 0 aliphatic carbocycles. The molecule has 0 radical (unpaired) electrons. The number of alkyl halides is 3. The van der Waals surface area contributed by atoms with E-state index in [9.17, 15) is 31.5 Å². The Morgan fingerprint density at radius 1 is 1.11 bits per heavy atom. The summed E-state index contributed by atoms with van der Waals surface area (Å²) in [7, 11) is 0. The van der Waals surface area contributed by atoms with E-state index in [-0.39, 0.29) is 49.8 Å². The van der Waals surface area contributed by atoms with Crippen LogP contribution < -0.4 is 21.7 Å². The molecule has 194 valence electrons. The molecule has 3 heterocycles. The van der Waals surface area contributed by atoms with E-state index in [0.717, 1.165) is 18.5 Å². The summed E-state index contributed by atoms with van der Waals surface area (Å²) in [5, 5.41) is 2.70. The number of rotatable bonds is 5. The van der Waals surface area contributed by atoms with Crippen LogP contribution in [0.5, 0.6) is 0 Å². The van der Waals surface area contributed by atoms with E-state index < -0.39 is 53.2 Å². The molecular weight excluding hydrogens is 489 g/mol. The summed E-state index contributed by atoms with van der Waals surface area (Å²) in [6.07, 6.45) is -2.71. The van der Waals surface area contributed by atoms with Gasteiger partial charge in [0, 0.05) is 25.3 Å². The number of nitrogens with one attached hydrogen (secondary N) is 1. The molecule has 2 aliphatic rings. The molecule has 2 amide bonds. The summed E-state index contributed by atoms with van der Waals surface area (Å²) in [5.41, 5.74) is 9.76. The Balaban J connectivity index is 1.57. The van der Waals surface area contributed by atoms with Crippen molar-refractivity contribution in [3.8, 4) is 0 Å². The lowest BCUT2D eigenvalue weighted by Gasteiger charge is -2.46. The van der Waals surface area contributed by atoms with Gasteiger partial charge in [-0.25, -0.2) is 14.4 Å². The van der Waals surface area contributed by atoms with Gasteiger partial charge in [0.25, 0.3) is 0 Å². The second kappa shape index (κ2) is 9.74. The fraction of sp³-hybridized carbons (Fsp3) is 0.455. The Hall–Kier alpha value is -3.71. The van der Waals surface area contributed by atoms with Crippen LogP contribution in [-0.4, -0.2) is 58.4 Å². The van der Waals surface area contributed by atoms with Gasteiger partial charge in [-0.1, -0.05) is 0 Å². The molecule has 1 aromatic carbocycles. The van der Waals surface area contributed by atoms with E-state index in [1.54, 1.807) is 4.90 Å². The topological polar surface area (TPSA) is 130 Å². The van der Waals surface area contributed by atoms with Crippen molar-refractivity contribution in [2.45, 2.75) is 37.5 Å². The van der Waals surface area contributed by atoms with Crippen LogP contribution in [0, 0.1) is 17.6 Å². The molecule has 36 heavy (non-hydrogen) atoms. The van der Waals surface area contributed by atoms with Crippen LogP contribution in [0.25, 0.3) is 0 Å². The Bertz CT molecular complexity index is 1160. The average molecular weight is 513 g/mol. The summed E-state index contributed by atoms with van der Waals surface area (Å²) in [5.74, 6) is -4.21. The van der Waals surface area contributed by atoms with Gasteiger partial charge in [0.05, 0.1) is 17.5 Å². The zero-order valence-electron chi connectivity index (χ0n) is 18.9. The van der Waals surface area contributed by atoms with Crippen LogP contribution in [0.1, 0.15) is 24.8 Å². The van der Waals surface area contributed by atoms with E-state index in [2.05, 4.69) is 15.3 Å². The fourth-order valence-corrected chi connectivity index (χ4v) is 4.77. The Morgan fingerprint density at radius 3 is 2.56 bits per heavy atom. The lowest BCUT2D eigenvalue weighted by Crippen LogP contribution is -2.61. The third-order valence-corrected chi connectivity index (χ3v) is 6.48. The highest BCUT2D eigenvalue weighted by molar-refractivity contribution is 5.87. The van der Waals surface area contributed by atoms with Crippen LogP contribution in [-0.2, 0) is 15.8 Å². The molecule has 4 rings (SSSR count). The number of anilines is 3. The number of benzene rings is 1. The number of aromatic nitrogens is 2. The van der Waals surface area contributed by atoms with Crippen molar-refractivity contribution < 1.29 is 31.5 Å². The zero-order chi connectivity index (χ0) is 26.2. The normalized spacial score (nSPS) is 23.0. The second-order valence-electron chi connectivity index (χ2n) is 8.80. The molecule has 2 aliphatic heterocycles. The van der Waals surface area contributed by atoms with Gasteiger partial charge in [0.2, 0.25) is 17.6 Å². The first-order valence-electron chi connectivity index (χ1n) is 11.2. The minimum atomic E-state index is -4.76. The van der Waals surface area contributed by atoms with Gasteiger partial charge in [0.1, 0.15) is 18.2 Å². The number of primary amides is 1. The van der Waals surface area contributed by atoms with Gasteiger partial charge < -0.3 is 26.6 Å². The first kappa shape index (κ1) is 25.4. The number of hydrogen-bond acceptors (Lipinski definition) is 7. The number of likely N-dealkylation sites (tertiary alicyclic amines) is 1. The van der Waals surface area contributed by atoms with Crippen LogP contribution in [0.2, 0.25) is 0 Å². The van der Waals surface area contributed by atoms with Crippen molar-refractivity contribution in [3.05, 3.63) is 41.7 Å². The van der Waals surface area contributed by atoms with Crippen molar-refractivity contribution in [2.24, 2.45) is 11.7 Å². The quantitative estimate of drug-likeness (QED) is 0.523. The summed E-state index contributed by atoms with van der Waals surface area (Å²) in [6, 6.07) is 0.261. The maximum Gasteiger partial charge on any atom is 0.416 e. The molecule has 0 saturated carbocycles. The molecule has 0 bridgehead atoms. The summed E-state index contributed by atoms with van der Waals surface area (Å²) in [4.78, 5) is 36.1. The largest absolute Gasteiger partial charge is 0.416 e. The third kappa shape index (κ3) is 5.11. The number of piperidine rings is 2. The lowest BCUT2D eigenvalue weighted by molar-refractivity contribution is -0.140. The summed E-state index contributed by atoms with van der Waals surface area (Å²) < 4.78 is 67.7. The number of nitrogens with zero attached hydrogens (tertiary/aromatic N) is 4. The van der Waals surface area contributed by atoms with E-state index in [1.807, 2.05) is 0 Å². The van der Waals surface area contributed by atoms with Crippen LogP contribution in [0.3, 0.4) is 0 Å². The average Bonchev–Trinajstić information content (AvgIpc) is 2.81. The van der Waals surface area contributed by atoms with Crippen LogP contribution in [0.15, 0.2) is 24.5 Å². The minimum absolute atomic E-state index is 0.0254. The molecule has 3 unspecified atom stereocenters. The standard InChI is InChI=1S/C22H24F5N7O2/c23-12-6-11(22(25,26)27)7-13(8-12)32-15-2-1-4-34(21(15)36)16-9-33(5-3-14(16)19(29)35)20-17(24)18(28)30-10-31-20/h6-8,10,14-16,32H,1-5,9H2,(H2,29,35)(H2,28,30,31). The van der Waals surface area contributed by atoms with Gasteiger partial charge in [0.15, 0.2) is 11.6 Å². The molecule has 9 nitrogen and oxygen atoms in total. The Kier molecular flexibility index (Phi) is 6.87. The first-order valence-corrected chi connectivity index (χ1v) is 11.2. The minimum Gasteiger partial charge on any atom is -0.381 e.